The van der Waals surface area contributed by atoms with Crippen molar-refractivity contribution in [2.75, 3.05) is 0 Å². The Hall–Kier alpha value is -1.70. The second-order valence-electron chi connectivity index (χ2n) is 3.84. The molecule has 0 aliphatic rings. The lowest BCUT2D eigenvalue weighted by Crippen LogP contribution is -1.96. The van der Waals surface area contributed by atoms with Crippen molar-refractivity contribution in [3.8, 4) is 23.7 Å². The number of hydrogen-bond acceptors (Lipinski definition) is 1. The van der Waals surface area contributed by atoms with Crippen LogP contribution in [0.1, 0.15) is 39.0 Å². The molecule has 18 heavy (non-hydrogen) atoms. The Labute approximate surface area is 111 Å². The molecule has 0 aliphatic heterocycles. The average Bonchev–Trinajstić information content (AvgIpc) is 2.37. The molecule has 0 fully saturated rings. The summed E-state index contributed by atoms with van der Waals surface area (Å²) in [7, 11) is 0. The maximum atomic E-state index is 9.49. The van der Waals surface area contributed by atoms with Gasteiger partial charge in [-0.05, 0) is 56.6 Å². The van der Waals surface area contributed by atoms with Gasteiger partial charge in [0.15, 0.2) is 0 Å². The van der Waals surface area contributed by atoms with Crippen LogP contribution in [0.25, 0.3) is 0 Å². The minimum Gasteiger partial charge on any atom is -0.377 e. The van der Waals surface area contributed by atoms with E-state index < -0.39 is 6.10 Å². The second kappa shape index (κ2) is 13.4. The predicted octanol–water partition coefficient (Wildman–Crippen LogP) is 3.62. The highest BCUT2D eigenvalue weighted by molar-refractivity contribution is 5.32. The van der Waals surface area contributed by atoms with Gasteiger partial charge in [0.2, 0.25) is 0 Å². The number of rotatable bonds is 7. The molecule has 0 saturated carbocycles. The third-order valence-electron chi connectivity index (χ3n) is 2.20. The Kier molecular flexibility index (Phi) is 12.1. The lowest BCUT2D eigenvalue weighted by molar-refractivity contribution is 0.280. The Morgan fingerprint density at radius 2 is 1.94 bits per heavy atom. The van der Waals surface area contributed by atoms with Crippen molar-refractivity contribution in [2.45, 2.75) is 45.1 Å². The van der Waals surface area contributed by atoms with E-state index in [1.54, 1.807) is 12.2 Å². The third-order valence-corrected chi connectivity index (χ3v) is 2.20. The molecular formula is C17H22O. The van der Waals surface area contributed by atoms with Crippen molar-refractivity contribution in [3.05, 3.63) is 37.0 Å². The molecule has 0 aromatic carbocycles. The van der Waals surface area contributed by atoms with E-state index in [4.69, 9.17) is 0 Å². The Morgan fingerprint density at radius 1 is 1.17 bits per heavy atom. The molecule has 0 aromatic heterocycles. The molecule has 0 saturated heterocycles. The molecule has 0 heterocycles. The topological polar surface area (TPSA) is 20.2 Å². The van der Waals surface area contributed by atoms with Gasteiger partial charge in [-0.1, -0.05) is 36.5 Å². The predicted molar refractivity (Wildman–Crippen MR) is 78.8 cm³/mol. The molecule has 1 nitrogen and oxygen atoms in total. The zero-order chi connectivity index (χ0) is 13.5. The quantitative estimate of drug-likeness (QED) is 0.411. The molecule has 1 unspecified atom stereocenters. The summed E-state index contributed by atoms with van der Waals surface area (Å²) in [5.41, 5.74) is 0. The maximum absolute atomic E-state index is 9.49. The summed E-state index contributed by atoms with van der Waals surface area (Å²) in [6, 6.07) is 0. The first kappa shape index (κ1) is 16.3. The van der Waals surface area contributed by atoms with E-state index in [0.717, 1.165) is 19.3 Å². The highest BCUT2D eigenvalue weighted by Gasteiger charge is 1.90. The van der Waals surface area contributed by atoms with Crippen LogP contribution in [0.3, 0.4) is 0 Å². The van der Waals surface area contributed by atoms with E-state index in [2.05, 4.69) is 30.3 Å². The van der Waals surface area contributed by atoms with Crippen LogP contribution in [0, 0.1) is 23.7 Å². The standard InChI is InChI=1S/C17H22O/c1-3-5-7-9-10-12-14-16-17(18)15-13-11-8-6-4-2/h3-4,6,14,16-18H,1,5,7,9-10,12H2,2H3/b6-4+,16-14-. The normalized spacial score (nSPS) is 11.7. The number of hydrogen-bond donors (Lipinski definition) is 1. The van der Waals surface area contributed by atoms with Gasteiger partial charge in [-0.15, -0.1) is 6.58 Å². The van der Waals surface area contributed by atoms with Crippen molar-refractivity contribution in [1.29, 1.82) is 0 Å². The zero-order valence-corrected chi connectivity index (χ0v) is 11.2. The Bertz CT molecular complexity index is 379. The van der Waals surface area contributed by atoms with Crippen LogP contribution in [0.2, 0.25) is 0 Å². The van der Waals surface area contributed by atoms with Gasteiger partial charge in [-0.25, -0.2) is 0 Å². The Morgan fingerprint density at radius 3 is 2.67 bits per heavy atom. The summed E-state index contributed by atoms with van der Waals surface area (Å²) >= 11 is 0. The maximum Gasteiger partial charge on any atom is 0.134 e. The summed E-state index contributed by atoms with van der Waals surface area (Å²) in [5.74, 6) is 10.6. The number of unbranched alkanes of at least 4 members (excludes halogenated alkanes) is 4. The average molecular weight is 242 g/mol. The van der Waals surface area contributed by atoms with Gasteiger partial charge in [0.1, 0.15) is 6.10 Å². The van der Waals surface area contributed by atoms with Crippen LogP contribution in [0.5, 0.6) is 0 Å². The van der Waals surface area contributed by atoms with Gasteiger partial charge in [-0.3, -0.25) is 0 Å². The molecule has 96 valence electrons. The summed E-state index contributed by atoms with van der Waals surface area (Å²) in [6.45, 7) is 5.59. The molecule has 0 radical (unpaired) electrons. The van der Waals surface area contributed by atoms with E-state index in [9.17, 15) is 5.11 Å². The van der Waals surface area contributed by atoms with Crippen molar-refractivity contribution >= 4 is 0 Å². The van der Waals surface area contributed by atoms with E-state index >= 15 is 0 Å². The molecular weight excluding hydrogens is 220 g/mol. The lowest BCUT2D eigenvalue weighted by atomic mass is 10.1. The molecule has 0 aliphatic carbocycles. The molecule has 0 rings (SSSR count). The van der Waals surface area contributed by atoms with Crippen LogP contribution < -0.4 is 0 Å². The van der Waals surface area contributed by atoms with Crippen LogP contribution in [0.15, 0.2) is 37.0 Å². The second-order valence-corrected chi connectivity index (χ2v) is 3.84. The fraction of sp³-hybridized carbons (Fsp3) is 0.412. The van der Waals surface area contributed by atoms with Gasteiger partial charge in [0, 0.05) is 0 Å². The van der Waals surface area contributed by atoms with Crippen LogP contribution in [-0.4, -0.2) is 11.2 Å². The van der Waals surface area contributed by atoms with E-state index in [1.165, 1.54) is 12.8 Å². The smallest absolute Gasteiger partial charge is 0.134 e. The number of allylic oxidation sites excluding steroid dienone is 4. The SMILES string of the molecule is C=CCCCCC/C=C\C(O)C#CC#C/C=C/C. The fourth-order valence-corrected chi connectivity index (χ4v) is 1.27. The van der Waals surface area contributed by atoms with Crippen LogP contribution in [0.4, 0.5) is 0 Å². The first-order valence-electron chi connectivity index (χ1n) is 6.39. The van der Waals surface area contributed by atoms with E-state index in [1.807, 2.05) is 25.2 Å². The van der Waals surface area contributed by atoms with Crippen molar-refractivity contribution < 1.29 is 5.11 Å². The zero-order valence-electron chi connectivity index (χ0n) is 11.2. The van der Waals surface area contributed by atoms with Gasteiger partial charge in [0.05, 0.1) is 0 Å². The van der Waals surface area contributed by atoms with E-state index in [-0.39, 0.29) is 0 Å². The first-order chi connectivity index (χ1) is 8.81. The molecule has 0 amide bonds. The summed E-state index contributed by atoms with van der Waals surface area (Å²) in [6.07, 6.45) is 14.1. The van der Waals surface area contributed by atoms with E-state index in [0.29, 0.717) is 0 Å². The van der Waals surface area contributed by atoms with Gasteiger partial charge < -0.3 is 5.11 Å². The first-order valence-corrected chi connectivity index (χ1v) is 6.39. The monoisotopic (exact) mass is 242 g/mol. The minimum atomic E-state index is -0.710. The van der Waals surface area contributed by atoms with Crippen LogP contribution in [-0.2, 0) is 0 Å². The number of aliphatic hydroxyl groups excluding tert-OH is 1. The highest BCUT2D eigenvalue weighted by atomic mass is 16.3. The molecule has 0 aromatic rings. The summed E-state index contributed by atoms with van der Waals surface area (Å²) in [4.78, 5) is 0. The van der Waals surface area contributed by atoms with Gasteiger partial charge in [0.25, 0.3) is 0 Å². The summed E-state index contributed by atoms with van der Waals surface area (Å²) in [5, 5.41) is 9.49. The molecule has 0 spiro atoms. The van der Waals surface area contributed by atoms with Crippen LogP contribution >= 0.6 is 0 Å². The highest BCUT2D eigenvalue weighted by Crippen LogP contribution is 2.04. The van der Waals surface area contributed by atoms with Gasteiger partial charge >= 0.3 is 0 Å². The fourth-order valence-electron chi connectivity index (χ4n) is 1.27. The van der Waals surface area contributed by atoms with Gasteiger partial charge in [-0.2, -0.15) is 0 Å². The molecule has 1 heteroatoms. The largest absolute Gasteiger partial charge is 0.377 e. The molecule has 1 N–H and O–H groups in total. The lowest BCUT2D eigenvalue weighted by Gasteiger charge is -1.95. The Balaban J connectivity index is 3.71. The van der Waals surface area contributed by atoms with Crippen molar-refractivity contribution in [3.63, 3.8) is 0 Å². The number of aliphatic hydroxyl groups is 1. The third kappa shape index (κ3) is 12.4. The summed E-state index contributed by atoms with van der Waals surface area (Å²) < 4.78 is 0. The van der Waals surface area contributed by atoms with Crippen molar-refractivity contribution in [2.24, 2.45) is 0 Å². The van der Waals surface area contributed by atoms with Crippen molar-refractivity contribution in [1.82, 2.24) is 0 Å². The molecule has 1 atom stereocenters. The molecule has 0 bridgehead atoms. The minimum absolute atomic E-state index is 0.710.